The zero-order valence-electron chi connectivity index (χ0n) is 16.8. The number of halogens is 3. The van der Waals surface area contributed by atoms with Gasteiger partial charge in [0.05, 0.1) is 5.69 Å². The lowest BCUT2D eigenvalue weighted by molar-refractivity contribution is -0.137. The third-order valence-corrected chi connectivity index (χ3v) is 5.70. The molecular formula is C20H25F3N6O. The third-order valence-electron chi connectivity index (χ3n) is 5.70. The van der Waals surface area contributed by atoms with Gasteiger partial charge >= 0.3 is 6.18 Å². The van der Waals surface area contributed by atoms with Crippen molar-refractivity contribution in [2.45, 2.75) is 44.3 Å². The van der Waals surface area contributed by atoms with Crippen LogP contribution in [0.2, 0.25) is 0 Å². The molecule has 1 amide bonds. The van der Waals surface area contributed by atoms with Crippen molar-refractivity contribution in [1.82, 2.24) is 25.2 Å². The Balaban J connectivity index is 1.76. The Hall–Kier alpha value is -2.62. The van der Waals surface area contributed by atoms with Gasteiger partial charge in [-0.3, -0.25) is 4.79 Å². The highest BCUT2D eigenvalue weighted by atomic mass is 19.4. The number of aromatic nitrogens is 3. The lowest BCUT2D eigenvalue weighted by atomic mass is 9.97. The van der Waals surface area contributed by atoms with Crippen LogP contribution in [0.3, 0.4) is 0 Å². The van der Waals surface area contributed by atoms with E-state index >= 15 is 0 Å². The van der Waals surface area contributed by atoms with Crippen molar-refractivity contribution >= 4 is 11.9 Å². The molecule has 30 heavy (non-hydrogen) atoms. The molecule has 1 atom stereocenters. The van der Waals surface area contributed by atoms with Gasteiger partial charge in [0.15, 0.2) is 0 Å². The summed E-state index contributed by atoms with van der Waals surface area (Å²) in [5.74, 6) is -0.0545. The van der Waals surface area contributed by atoms with E-state index in [0.717, 1.165) is 38.4 Å². The summed E-state index contributed by atoms with van der Waals surface area (Å²) in [7, 11) is 1.70. The molecule has 0 spiro atoms. The van der Waals surface area contributed by atoms with Gasteiger partial charge in [0, 0.05) is 44.1 Å². The summed E-state index contributed by atoms with van der Waals surface area (Å²) in [6, 6.07) is 0.0606. The number of aromatic amines is 1. The second-order valence-electron chi connectivity index (χ2n) is 7.88. The number of fused-ring (bicyclic) bond motifs is 1. The minimum absolute atomic E-state index is 0.0606. The Morgan fingerprint density at radius 3 is 2.83 bits per heavy atom. The molecule has 0 aromatic carbocycles. The SMILES string of the molecule is CN1CCCCc2c(-c3nc(NC4CCCNC4)ncc3C(F)(F)F)c[nH]c2C1=O. The number of hydrogen-bond acceptors (Lipinski definition) is 5. The number of carbonyl (C=O) groups excluding carboxylic acids is 1. The summed E-state index contributed by atoms with van der Waals surface area (Å²) in [5.41, 5.74) is 0.135. The highest BCUT2D eigenvalue weighted by molar-refractivity contribution is 5.96. The molecule has 2 aliphatic rings. The molecular weight excluding hydrogens is 397 g/mol. The molecule has 0 bridgehead atoms. The van der Waals surface area contributed by atoms with Gasteiger partial charge in [0.2, 0.25) is 5.95 Å². The van der Waals surface area contributed by atoms with Crippen LogP contribution in [0.25, 0.3) is 11.3 Å². The molecule has 2 aromatic heterocycles. The summed E-state index contributed by atoms with van der Waals surface area (Å²) in [4.78, 5) is 25.4. The van der Waals surface area contributed by atoms with E-state index in [-0.39, 0.29) is 23.6 Å². The Morgan fingerprint density at radius 1 is 1.27 bits per heavy atom. The number of anilines is 1. The number of nitrogens with one attached hydrogen (secondary N) is 3. The number of piperidine rings is 1. The monoisotopic (exact) mass is 422 g/mol. The number of H-pyrrole nitrogens is 1. The van der Waals surface area contributed by atoms with Crippen LogP contribution < -0.4 is 10.6 Å². The highest BCUT2D eigenvalue weighted by Crippen LogP contribution is 2.39. The maximum atomic E-state index is 13.8. The maximum absolute atomic E-state index is 13.8. The normalized spacial score (nSPS) is 20.5. The fourth-order valence-corrected chi connectivity index (χ4v) is 4.08. The van der Waals surface area contributed by atoms with Crippen molar-refractivity contribution in [3.63, 3.8) is 0 Å². The fourth-order valence-electron chi connectivity index (χ4n) is 4.08. The molecule has 1 fully saturated rings. The van der Waals surface area contributed by atoms with E-state index in [2.05, 4.69) is 25.6 Å². The topological polar surface area (TPSA) is 85.9 Å². The molecule has 0 saturated carbocycles. The number of carbonyl (C=O) groups is 1. The predicted molar refractivity (Wildman–Crippen MR) is 106 cm³/mol. The highest BCUT2D eigenvalue weighted by Gasteiger charge is 2.37. The minimum Gasteiger partial charge on any atom is -0.356 e. The lowest BCUT2D eigenvalue weighted by Gasteiger charge is -2.24. The number of rotatable bonds is 3. The minimum atomic E-state index is -4.60. The Morgan fingerprint density at radius 2 is 2.10 bits per heavy atom. The van der Waals surface area contributed by atoms with Crippen LogP contribution in [0.15, 0.2) is 12.4 Å². The first-order valence-electron chi connectivity index (χ1n) is 10.2. The van der Waals surface area contributed by atoms with E-state index in [1.54, 1.807) is 11.9 Å². The van der Waals surface area contributed by atoms with Crippen molar-refractivity contribution in [2.75, 3.05) is 32.0 Å². The van der Waals surface area contributed by atoms with Gasteiger partial charge in [0.25, 0.3) is 5.91 Å². The Bertz CT molecular complexity index is 920. The molecule has 0 aliphatic carbocycles. The second-order valence-corrected chi connectivity index (χ2v) is 7.88. The Kier molecular flexibility index (Phi) is 5.68. The number of nitrogens with zero attached hydrogens (tertiary/aromatic N) is 3. The maximum Gasteiger partial charge on any atom is 0.419 e. The van der Waals surface area contributed by atoms with E-state index in [0.29, 0.717) is 36.3 Å². The van der Waals surface area contributed by atoms with Gasteiger partial charge in [-0.15, -0.1) is 0 Å². The van der Waals surface area contributed by atoms with E-state index in [9.17, 15) is 18.0 Å². The molecule has 10 heteroatoms. The zero-order valence-corrected chi connectivity index (χ0v) is 16.8. The first kappa shape index (κ1) is 20.6. The number of amides is 1. The third kappa shape index (κ3) is 4.14. The second kappa shape index (κ2) is 8.25. The molecule has 4 rings (SSSR count). The first-order valence-corrected chi connectivity index (χ1v) is 10.2. The van der Waals surface area contributed by atoms with E-state index in [1.165, 1.54) is 6.20 Å². The van der Waals surface area contributed by atoms with Crippen LogP contribution in [0, 0.1) is 0 Å². The van der Waals surface area contributed by atoms with Crippen molar-refractivity contribution in [2.24, 2.45) is 0 Å². The average Bonchev–Trinajstić information content (AvgIpc) is 3.12. The molecule has 4 heterocycles. The first-order chi connectivity index (χ1) is 14.3. The van der Waals surface area contributed by atoms with Crippen molar-refractivity contribution in [3.8, 4) is 11.3 Å². The van der Waals surface area contributed by atoms with Gasteiger partial charge in [-0.1, -0.05) is 0 Å². The zero-order chi connectivity index (χ0) is 21.3. The fraction of sp³-hybridized carbons (Fsp3) is 0.550. The summed E-state index contributed by atoms with van der Waals surface area (Å²) in [5, 5.41) is 6.39. The van der Waals surface area contributed by atoms with Gasteiger partial charge in [-0.05, 0) is 44.2 Å². The van der Waals surface area contributed by atoms with Gasteiger partial charge < -0.3 is 20.5 Å². The lowest BCUT2D eigenvalue weighted by Crippen LogP contribution is -2.38. The van der Waals surface area contributed by atoms with Crippen molar-refractivity contribution < 1.29 is 18.0 Å². The number of alkyl halides is 3. The summed E-state index contributed by atoms with van der Waals surface area (Å²) in [6.45, 7) is 2.26. The van der Waals surface area contributed by atoms with Crippen molar-refractivity contribution in [3.05, 3.63) is 29.2 Å². The molecule has 3 N–H and O–H groups in total. The van der Waals surface area contributed by atoms with Gasteiger partial charge in [-0.2, -0.15) is 13.2 Å². The average molecular weight is 422 g/mol. The molecule has 2 aliphatic heterocycles. The number of hydrogen-bond donors (Lipinski definition) is 3. The van der Waals surface area contributed by atoms with Crippen LogP contribution in [0.1, 0.15) is 47.3 Å². The molecule has 0 radical (unpaired) electrons. The largest absolute Gasteiger partial charge is 0.419 e. The van der Waals surface area contributed by atoms with Crippen LogP contribution >= 0.6 is 0 Å². The van der Waals surface area contributed by atoms with Crippen LogP contribution in [-0.2, 0) is 12.6 Å². The molecule has 162 valence electrons. The molecule has 2 aromatic rings. The van der Waals surface area contributed by atoms with Crippen LogP contribution in [0.4, 0.5) is 19.1 Å². The van der Waals surface area contributed by atoms with Crippen LogP contribution in [0.5, 0.6) is 0 Å². The summed E-state index contributed by atoms with van der Waals surface area (Å²) in [6.07, 6.45) is 1.66. The standard InChI is InChI=1S/C20H25F3N6O/c1-29-8-3-2-6-13-14(10-25-17(13)18(29)30)16-15(20(21,22)23)11-26-19(28-16)27-12-5-4-7-24-9-12/h10-12,24-25H,2-9H2,1H3,(H,26,27,28). The van der Waals surface area contributed by atoms with E-state index < -0.39 is 11.7 Å². The van der Waals surface area contributed by atoms with Crippen LogP contribution in [-0.4, -0.2) is 58.5 Å². The van der Waals surface area contributed by atoms with E-state index in [4.69, 9.17) is 0 Å². The molecule has 1 unspecified atom stereocenters. The Labute approximate surface area is 172 Å². The summed E-state index contributed by atoms with van der Waals surface area (Å²) < 4.78 is 41.3. The smallest absolute Gasteiger partial charge is 0.356 e. The van der Waals surface area contributed by atoms with Gasteiger partial charge in [-0.25, -0.2) is 9.97 Å². The quantitative estimate of drug-likeness (QED) is 0.708. The van der Waals surface area contributed by atoms with Gasteiger partial charge in [0.1, 0.15) is 11.3 Å². The molecule has 1 saturated heterocycles. The summed E-state index contributed by atoms with van der Waals surface area (Å²) >= 11 is 0. The van der Waals surface area contributed by atoms with E-state index in [1.807, 2.05) is 0 Å². The molecule has 7 nitrogen and oxygen atoms in total. The van der Waals surface area contributed by atoms with Crippen molar-refractivity contribution in [1.29, 1.82) is 0 Å². The predicted octanol–water partition coefficient (Wildman–Crippen LogP) is 3.06.